The summed E-state index contributed by atoms with van der Waals surface area (Å²) in [6, 6.07) is 8.84. The number of nitrogens with one attached hydrogen (secondary N) is 2. The number of alkyl halides is 3. The van der Waals surface area contributed by atoms with Crippen molar-refractivity contribution in [1.29, 1.82) is 0 Å². The summed E-state index contributed by atoms with van der Waals surface area (Å²) in [5.74, 6) is -1.64. The van der Waals surface area contributed by atoms with Gasteiger partial charge in [-0.15, -0.1) is 0 Å². The Hall–Kier alpha value is -2.25. The van der Waals surface area contributed by atoms with Crippen LogP contribution in [-0.4, -0.2) is 11.8 Å². The van der Waals surface area contributed by atoms with Crippen molar-refractivity contribution >= 4 is 46.4 Å². The van der Waals surface area contributed by atoms with Crippen molar-refractivity contribution in [3.63, 3.8) is 0 Å². The van der Waals surface area contributed by atoms with Crippen LogP contribution in [0.15, 0.2) is 42.5 Å². The van der Waals surface area contributed by atoms with E-state index in [4.69, 9.17) is 23.2 Å². The summed E-state index contributed by atoms with van der Waals surface area (Å²) in [7, 11) is 0. The summed E-state index contributed by atoms with van der Waals surface area (Å²) in [5.41, 5.74) is -1.22. The first-order valence-corrected chi connectivity index (χ1v) is 7.63. The minimum Gasteiger partial charge on any atom is -0.325 e. The Morgan fingerprint density at radius 2 is 1.52 bits per heavy atom. The molecule has 0 aliphatic rings. The molecule has 4 nitrogen and oxygen atoms in total. The zero-order valence-corrected chi connectivity index (χ0v) is 14.0. The van der Waals surface area contributed by atoms with Gasteiger partial charge in [0.1, 0.15) is 6.42 Å². The molecular weight excluding hydrogens is 380 g/mol. The minimum absolute atomic E-state index is 0.197. The fourth-order valence-electron chi connectivity index (χ4n) is 1.97. The summed E-state index contributed by atoms with van der Waals surface area (Å²) in [5, 5.41) is 4.99. The van der Waals surface area contributed by atoms with Gasteiger partial charge in [-0.05, 0) is 30.3 Å². The van der Waals surface area contributed by atoms with Gasteiger partial charge >= 0.3 is 6.18 Å². The van der Waals surface area contributed by atoms with Crippen molar-refractivity contribution in [2.45, 2.75) is 12.6 Å². The quantitative estimate of drug-likeness (QED) is 0.723. The molecule has 0 bridgehead atoms. The smallest absolute Gasteiger partial charge is 0.325 e. The molecule has 0 atom stereocenters. The van der Waals surface area contributed by atoms with Crippen molar-refractivity contribution < 1.29 is 22.8 Å². The molecule has 9 heteroatoms. The van der Waals surface area contributed by atoms with Gasteiger partial charge in [0, 0.05) is 5.02 Å². The first kappa shape index (κ1) is 19.1. The van der Waals surface area contributed by atoms with Crippen molar-refractivity contribution in [2.75, 3.05) is 10.6 Å². The predicted octanol–water partition coefficient (Wildman–Crippen LogP) is 4.98. The Labute approximate surface area is 150 Å². The van der Waals surface area contributed by atoms with Crippen LogP contribution < -0.4 is 10.6 Å². The second kappa shape index (κ2) is 7.76. The lowest BCUT2D eigenvalue weighted by Crippen LogP contribution is -2.23. The van der Waals surface area contributed by atoms with E-state index >= 15 is 0 Å². The van der Waals surface area contributed by atoms with Crippen LogP contribution in [0.2, 0.25) is 10.0 Å². The maximum Gasteiger partial charge on any atom is 0.418 e. The van der Waals surface area contributed by atoms with E-state index in [0.717, 1.165) is 12.1 Å². The summed E-state index contributed by atoms with van der Waals surface area (Å²) in [6.45, 7) is 0. The summed E-state index contributed by atoms with van der Waals surface area (Å²) in [6.07, 6.45) is -5.31. The molecule has 2 N–H and O–H groups in total. The lowest BCUT2D eigenvalue weighted by Gasteiger charge is -2.13. The average Bonchev–Trinajstić information content (AvgIpc) is 2.50. The molecule has 0 saturated carbocycles. The van der Waals surface area contributed by atoms with Gasteiger partial charge < -0.3 is 10.6 Å². The number of para-hydroxylation sites is 1. The molecule has 2 amide bonds. The molecule has 0 fully saturated rings. The van der Waals surface area contributed by atoms with Crippen LogP contribution in [0.5, 0.6) is 0 Å². The number of halogens is 5. The van der Waals surface area contributed by atoms with Crippen molar-refractivity contribution in [3.8, 4) is 0 Å². The van der Waals surface area contributed by atoms with E-state index in [1.165, 1.54) is 30.3 Å². The number of carbonyl (C=O) groups excluding carboxylic acids is 2. The molecule has 2 rings (SSSR count). The van der Waals surface area contributed by atoms with Gasteiger partial charge in [0.25, 0.3) is 0 Å². The van der Waals surface area contributed by atoms with Gasteiger partial charge in [0.2, 0.25) is 11.8 Å². The standard InChI is InChI=1S/C16H11Cl2F3N2O2/c17-9-5-6-11(18)13(7-9)23-15(25)8-14(24)22-12-4-2-1-3-10(12)16(19,20)21/h1-7H,8H2,(H,22,24)(H,23,25). The number of hydrogen-bond acceptors (Lipinski definition) is 2. The SMILES string of the molecule is O=C(CC(=O)Nc1ccccc1C(F)(F)F)Nc1cc(Cl)ccc1Cl. The molecule has 25 heavy (non-hydrogen) atoms. The lowest BCUT2D eigenvalue weighted by molar-refractivity contribution is -0.137. The molecule has 2 aromatic rings. The van der Waals surface area contributed by atoms with Gasteiger partial charge in [0.05, 0.1) is 22.0 Å². The van der Waals surface area contributed by atoms with Crippen LogP contribution in [0.4, 0.5) is 24.5 Å². The van der Waals surface area contributed by atoms with Crippen molar-refractivity contribution in [2.24, 2.45) is 0 Å². The Balaban J connectivity index is 2.03. The van der Waals surface area contributed by atoms with Gasteiger partial charge in [-0.3, -0.25) is 9.59 Å². The van der Waals surface area contributed by atoms with Crippen LogP contribution in [-0.2, 0) is 15.8 Å². The number of anilines is 2. The van der Waals surface area contributed by atoms with Crippen LogP contribution in [0.3, 0.4) is 0 Å². The second-order valence-electron chi connectivity index (χ2n) is 4.94. The summed E-state index contributed by atoms with van der Waals surface area (Å²) >= 11 is 11.7. The minimum atomic E-state index is -4.62. The van der Waals surface area contributed by atoms with Crippen LogP contribution in [0, 0.1) is 0 Å². The Morgan fingerprint density at radius 1 is 0.920 bits per heavy atom. The molecule has 132 valence electrons. The van der Waals surface area contributed by atoms with Crippen molar-refractivity contribution in [3.05, 3.63) is 58.1 Å². The van der Waals surface area contributed by atoms with E-state index in [9.17, 15) is 22.8 Å². The largest absolute Gasteiger partial charge is 0.418 e. The zero-order chi connectivity index (χ0) is 18.6. The molecule has 0 aliphatic heterocycles. The van der Waals surface area contributed by atoms with E-state index in [1.807, 2.05) is 0 Å². The average molecular weight is 391 g/mol. The maximum absolute atomic E-state index is 12.9. The van der Waals surface area contributed by atoms with E-state index in [0.29, 0.717) is 5.02 Å². The number of rotatable bonds is 4. The third-order valence-electron chi connectivity index (χ3n) is 3.03. The monoisotopic (exact) mass is 390 g/mol. The molecule has 0 aromatic heterocycles. The number of amides is 2. The molecule has 0 heterocycles. The molecule has 2 aromatic carbocycles. The summed E-state index contributed by atoms with van der Waals surface area (Å²) < 4.78 is 38.6. The van der Waals surface area contributed by atoms with Gasteiger partial charge in [-0.2, -0.15) is 13.2 Å². The fourth-order valence-corrected chi connectivity index (χ4v) is 2.30. The highest BCUT2D eigenvalue weighted by molar-refractivity contribution is 6.35. The number of carbonyl (C=O) groups is 2. The summed E-state index contributed by atoms with van der Waals surface area (Å²) in [4.78, 5) is 23.7. The fraction of sp³-hybridized carbons (Fsp3) is 0.125. The third-order valence-corrected chi connectivity index (χ3v) is 3.59. The van der Waals surface area contributed by atoms with E-state index < -0.39 is 35.7 Å². The van der Waals surface area contributed by atoms with Gasteiger partial charge in [-0.1, -0.05) is 35.3 Å². The van der Waals surface area contributed by atoms with Crippen LogP contribution >= 0.6 is 23.2 Å². The highest BCUT2D eigenvalue weighted by Gasteiger charge is 2.33. The zero-order valence-electron chi connectivity index (χ0n) is 12.5. The maximum atomic E-state index is 12.9. The van der Waals surface area contributed by atoms with Crippen LogP contribution in [0.25, 0.3) is 0 Å². The topological polar surface area (TPSA) is 58.2 Å². The molecule has 0 saturated heterocycles. The van der Waals surface area contributed by atoms with E-state index in [2.05, 4.69) is 10.6 Å². The molecular formula is C16H11Cl2F3N2O2. The normalized spacial score (nSPS) is 11.1. The first-order chi connectivity index (χ1) is 11.7. The predicted molar refractivity (Wildman–Crippen MR) is 89.8 cm³/mol. The highest BCUT2D eigenvalue weighted by atomic mass is 35.5. The van der Waals surface area contributed by atoms with Crippen molar-refractivity contribution in [1.82, 2.24) is 0 Å². The molecule has 0 unspecified atom stereocenters. The molecule has 0 radical (unpaired) electrons. The lowest BCUT2D eigenvalue weighted by atomic mass is 10.1. The van der Waals surface area contributed by atoms with Crippen LogP contribution in [0.1, 0.15) is 12.0 Å². The second-order valence-corrected chi connectivity index (χ2v) is 5.78. The third kappa shape index (κ3) is 5.37. The number of benzene rings is 2. The van der Waals surface area contributed by atoms with E-state index in [1.54, 1.807) is 0 Å². The molecule has 0 spiro atoms. The first-order valence-electron chi connectivity index (χ1n) is 6.88. The van der Waals surface area contributed by atoms with E-state index in [-0.39, 0.29) is 10.7 Å². The number of hydrogen-bond donors (Lipinski definition) is 2. The Kier molecular flexibility index (Phi) is 5.92. The highest BCUT2D eigenvalue weighted by Crippen LogP contribution is 2.34. The van der Waals surface area contributed by atoms with Gasteiger partial charge in [0.15, 0.2) is 0 Å². The van der Waals surface area contributed by atoms with Gasteiger partial charge in [-0.25, -0.2) is 0 Å². The molecule has 0 aliphatic carbocycles. The Bertz CT molecular complexity index is 810. The Morgan fingerprint density at radius 3 is 2.16 bits per heavy atom.